The Morgan fingerprint density at radius 3 is 2.50 bits per heavy atom. The summed E-state index contributed by atoms with van der Waals surface area (Å²) >= 11 is 12.2. The lowest BCUT2D eigenvalue weighted by atomic mass is 10.00. The number of carboxylic acids is 1. The van der Waals surface area contributed by atoms with Crippen LogP contribution in [0.4, 0.5) is 0 Å². The summed E-state index contributed by atoms with van der Waals surface area (Å²) in [6.45, 7) is 2.21. The van der Waals surface area contributed by atoms with Crippen molar-refractivity contribution >= 4 is 29.2 Å². The van der Waals surface area contributed by atoms with Crippen molar-refractivity contribution in [3.05, 3.63) is 33.8 Å². The van der Waals surface area contributed by atoms with E-state index in [9.17, 15) is 4.79 Å². The normalized spacial score (nSPS) is 16.6. The van der Waals surface area contributed by atoms with E-state index in [0.717, 1.165) is 24.9 Å². The van der Waals surface area contributed by atoms with Crippen LogP contribution < -0.4 is 0 Å². The standard InChI is InChI=1S/C13H15Cl2NO2/c14-11-4-1-5-12(15)10(11)3-2-6-16-7-9(8-16)13(17)18/h1,4-5,9H,2-3,6-8H2,(H,17,18). The molecule has 5 heteroatoms. The van der Waals surface area contributed by atoms with E-state index < -0.39 is 5.97 Å². The first kappa shape index (κ1) is 13.7. The zero-order chi connectivity index (χ0) is 13.1. The summed E-state index contributed by atoms with van der Waals surface area (Å²) in [5.74, 6) is -0.880. The Balaban J connectivity index is 1.75. The van der Waals surface area contributed by atoms with E-state index in [1.165, 1.54) is 0 Å². The second-order valence-electron chi connectivity index (χ2n) is 4.60. The first-order valence-electron chi connectivity index (χ1n) is 5.96. The Bertz CT molecular complexity index is 424. The van der Waals surface area contributed by atoms with Gasteiger partial charge in [0.2, 0.25) is 0 Å². The average molecular weight is 288 g/mol. The fraction of sp³-hybridized carbons (Fsp3) is 0.462. The summed E-state index contributed by atoms with van der Waals surface area (Å²) in [6, 6.07) is 5.51. The van der Waals surface area contributed by atoms with Gasteiger partial charge in [0.1, 0.15) is 0 Å². The minimum atomic E-state index is -0.694. The highest BCUT2D eigenvalue weighted by molar-refractivity contribution is 6.35. The number of hydrogen-bond acceptors (Lipinski definition) is 2. The number of carbonyl (C=O) groups is 1. The van der Waals surface area contributed by atoms with Crippen LogP contribution >= 0.6 is 23.2 Å². The molecule has 0 amide bonds. The Kier molecular flexibility index (Phi) is 4.49. The third kappa shape index (κ3) is 3.16. The smallest absolute Gasteiger partial charge is 0.309 e. The van der Waals surface area contributed by atoms with Crippen molar-refractivity contribution in [3.8, 4) is 0 Å². The molecule has 0 spiro atoms. The number of likely N-dealkylation sites (tertiary alicyclic amines) is 1. The average Bonchev–Trinajstić information content (AvgIpc) is 2.24. The fourth-order valence-corrected chi connectivity index (χ4v) is 2.75. The lowest BCUT2D eigenvalue weighted by molar-refractivity contribution is -0.147. The Morgan fingerprint density at radius 1 is 1.33 bits per heavy atom. The second kappa shape index (κ2) is 5.91. The third-order valence-electron chi connectivity index (χ3n) is 3.27. The maximum Gasteiger partial charge on any atom is 0.309 e. The Hall–Kier alpha value is -0.770. The van der Waals surface area contributed by atoms with E-state index in [0.29, 0.717) is 23.1 Å². The lowest BCUT2D eigenvalue weighted by Crippen LogP contribution is -2.50. The molecular weight excluding hydrogens is 273 g/mol. The quantitative estimate of drug-likeness (QED) is 0.905. The van der Waals surface area contributed by atoms with Gasteiger partial charge >= 0.3 is 5.97 Å². The van der Waals surface area contributed by atoms with Gasteiger partial charge < -0.3 is 10.0 Å². The monoisotopic (exact) mass is 287 g/mol. The van der Waals surface area contributed by atoms with Crippen LogP contribution in [0.1, 0.15) is 12.0 Å². The van der Waals surface area contributed by atoms with E-state index in [-0.39, 0.29) is 5.92 Å². The van der Waals surface area contributed by atoms with Gasteiger partial charge in [0.15, 0.2) is 0 Å². The van der Waals surface area contributed by atoms with Crippen molar-refractivity contribution in [1.29, 1.82) is 0 Å². The minimum Gasteiger partial charge on any atom is -0.481 e. The Morgan fingerprint density at radius 2 is 1.94 bits per heavy atom. The topological polar surface area (TPSA) is 40.5 Å². The lowest BCUT2D eigenvalue weighted by Gasteiger charge is -2.36. The molecule has 0 aromatic heterocycles. The van der Waals surface area contributed by atoms with E-state index in [2.05, 4.69) is 4.90 Å². The molecule has 1 aliphatic rings. The fourth-order valence-electron chi connectivity index (χ4n) is 2.16. The van der Waals surface area contributed by atoms with Crippen molar-refractivity contribution in [2.75, 3.05) is 19.6 Å². The number of hydrogen-bond donors (Lipinski definition) is 1. The molecule has 3 nitrogen and oxygen atoms in total. The molecule has 0 atom stereocenters. The summed E-state index contributed by atoms with van der Waals surface area (Å²) in [5.41, 5.74) is 0.983. The number of nitrogens with zero attached hydrogens (tertiary/aromatic N) is 1. The number of benzene rings is 1. The molecule has 18 heavy (non-hydrogen) atoms. The van der Waals surface area contributed by atoms with E-state index in [1.54, 1.807) is 0 Å². The van der Waals surface area contributed by atoms with Crippen LogP contribution in [0.25, 0.3) is 0 Å². The molecule has 1 N–H and O–H groups in total. The van der Waals surface area contributed by atoms with Crippen LogP contribution in [0.3, 0.4) is 0 Å². The number of aliphatic carboxylic acids is 1. The minimum absolute atomic E-state index is 0.186. The molecule has 0 bridgehead atoms. The number of carboxylic acid groups (broad SMARTS) is 1. The molecule has 1 aromatic carbocycles. The first-order valence-corrected chi connectivity index (χ1v) is 6.71. The molecule has 0 unspecified atom stereocenters. The summed E-state index contributed by atoms with van der Waals surface area (Å²) < 4.78 is 0. The number of halogens is 2. The molecular formula is C13H15Cl2NO2. The van der Waals surface area contributed by atoms with Gasteiger partial charge in [-0.2, -0.15) is 0 Å². The van der Waals surface area contributed by atoms with Crippen molar-refractivity contribution in [2.24, 2.45) is 5.92 Å². The molecule has 1 aromatic rings. The predicted molar refractivity (Wildman–Crippen MR) is 72.3 cm³/mol. The summed E-state index contributed by atoms with van der Waals surface area (Å²) in [6.07, 6.45) is 1.77. The van der Waals surface area contributed by atoms with Gasteiger partial charge in [-0.05, 0) is 37.1 Å². The van der Waals surface area contributed by atoms with Crippen LogP contribution in [-0.2, 0) is 11.2 Å². The molecule has 0 aliphatic carbocycles. The van der Waals surface area contributed by atoms with Crippen molar-refractivity contribution < 1.29 is 9.90 Å². The SMILES string of the molecule is O=C(O)C1CN(CCCc2c(Cl)cccc2Cl)C1. The molecule has 1 heterocycles. The zero-order valence-electron chi connectivity index (χ0n) is 9.90. The van der Waals surface area contributed by atoms with Gasteiger partial charge in [-0.15, -0.1) is 0 Å². The number of rotatable bonds is 5. The van der Waals surface area contributed by atoms with E-state index in [4.69, 9.17) is 28.3 Å². The highest BCUT2D eigenvalue weighted by atomic mass is 35.5. The molecule has 1 aliphatic heterocycles. The van der Waals surface area contributed by atoms with Crippen LogP contribution in [0.15, 0.2) is 18.2 Å². The van der Waals surface area contributed by atoms with Gasteiger partial charge in [-0.25, -0.2) is 0 Å². The maximum absolute atomic E-state index is 10.7. The molecule has 2 rings (SSSR count). The summed E-state index contributed by atoms with van der Waals surface area (Å²) in [7, 11) is 0. The summed E-state index contributed by atoms with van der Waals surface area (Å²) in [4.78, 5) is 12.8. The van der Waals surface area contributed by atoms with E-state index in [1.807, 2.05) is 18.2 Å². The molecule has 0 saturated carbocycles. The van der Waals surface area contributed by atoms with Gasteiger partial charge in [-0.1, -0.05) is 29.3 Å². The van der Waals surface area contributed by atoms with Gasteiger partial charge in [0.25, 0.3) is 0 Å². The van der Waals surface area contributed by atoms with Crippen LogP contribution in [0.5, 0.6) is 0 Å². The second-order valence-corrected chi connectivity index (χ2v) is 5.41. The largest absolute Gasteiger partial charge is 0.481 e. The van der Waals surface area contributed by atoms with Gasteiger partial charge in [0, 0.05) is 23.1 Å². The van der Waals surface area contributed by atoms with Crippen molar-refractivity contribution in [3.63, 3.8) is 0 Å². The van der Waals surface area contributed by atoms with Crippen molar-refractivity contribution in [1.82, 2.24) is 4.90 Å². The zero-order valence-corrected chi connectivity index (χ0v) is 11.4. The summed E-state index contributed by atoms with van der Waals surface area (Å²) in [5, 5.41) is 10.2. The maximum atomic E-state index is 10.7. The van der Waals surface area contributed by atoms with Gasteiger partial charge in [0.05, 0.1) is 5.92 Å². The van der Waals surface area contributed by atoms with Crippen LogP contribution in [0.2, 0.25) is 10.0 Å². The Labute approximate surface area is 116 Å². The molecule has 1 fully saturated rings. The highest BCUT2D eigenvalue weighted by Crippen LogP contribution is 2.26. The first-order chi connectivity index (χ1) is 8.58. The van der Waals surface area contributed by atoms with Crippen LogP contribution in [0, 0.1) is 5.92 Å². The van der Waals surface area contributed by atoms with E-state index >= 15 is 0 Å². The van der Waals surface area contributed by atoms with Gasteiger partial charge in [-0.3, -0.25) is 4.79 Å². The molecule has 1 saturated heterocycles. The third-order valence-corrected chi connectivity index (χ3v) is 3.98. The predicted octanol–water partition coefficient (Wildman–Crippen LogP) is 2.94. The molecule has 98 valence electrons. The highest BCUT2D eigenvalue weighted by Gasteiger charge is 2.31. The van der Waals surface area contributed by atoms with Crippen LogP contribution in [-0.4, -0.2) is 35.6 Å². The van der Waals surface area contributed by atoms with Crippen molar-refractivity contribution in [2.45, 2.75) is 12.8 Å². The molecule has 0 radical (unpaired) electrons.